The molecule has 5 atom stereocenters. The standard InChI is InChI=1S/C15H24N5O7P/c1-8(2)3-4-15(16)12-13(17-6-19-15)20(7-18-12)14-11(22)10(21)9(27-14)5-26-28(23,24)25/h6,9-11,14,21-22H,1,3-5,7,16H2,2H3,(H2,23,24,25)/t9-,10-,11-,14-,15?/m1/s1. The van der Waals surface area contributed by atoms with Gasteiger partial charge in [0.1, 0.15) is 37.0 Å². The van der Waals surface area contributed by atoms with E-state index in [1.165, 1.54) is 11.2 Å². The highest BCUT2D eigenvalue weighted by atomic mass is 31.2. The summed E-state index contributed by atoms with van der Waals surface area (Å²) < 4.78 is 20.8. The maximum atomic E-state index is 10.9. The number of nitrogens with zero attached hydrogens (tertiary/aromatic N) is 4. The minimum absolute atomic E-state index is 0.0735. The number of phosphoric ester groups is 1. The Hall–Kier alpha value is -1.50. The van der Waals surface area contributed by atoms with Crippen molar-refractivity contribution in [1.82, 2.24) is 4.90 Å². The van der Waals surface area contributed by atoms with E-state index in [4.69, 9.17) is 20.3 Å². The Morgan fingerprint density at radius 1 is 1.50 bits per heavy atom. The zero-order valence-corrected chi connectivity index (χ0v) is 16.1. The molecule has 28 heavy (non-hydrogen) atoms. The van der Waals surface area contributed by atoms with Crippen molar-refractivity contribution >= 4 is 25.7 Å². The van der Waals surface area contributed by atoms with Crippen LogP contribution < -0.4 is 5.73 Å². The molecule has 0 spiro atoms. The fourth-order valence-corrected chi connectivity index (χ4v) is 3.56. The number of fused-ring (bicyclic) bond motifs is 1. The van der Waals surface area contributed by atoms with E-state index < -0.39 is 44.6 Å². The molecule has 1 unspecified atom stereocenters. The minimum Gasteiger partial charge on any atom is -0.387 e. The Morgan fingerprint density at radius 3 is 2.86 bits per heavy atom. The summed E-state index contributed by atoms with van der Waals surface area (Å²) in [5, 5.41) is 20.5. The van der Waals surface area contributed by atoms with Crippen LogP contribution in [0.15, 0.2) is 27.1 Å². The van der Waals surface area contributed by atoms with Gasteiger partial charge in [-0.05, 0) is 19.8 Å². The van der Waals surface area contributed by atoms with Crippen LogP contribution in [0.1, 0.15) is 19.8 Å². The van der Waals surface area contributed by atoms with Crippen molar-refractivity contribution in [2.45, 2.75) is 50.0 Å². The van der Waals surface area contributed by atoms with Crippen molar-refractivity contribution in [3.63, 3.8) is 0 Å². The van der Waals surface area contributed by atoms with E-state index in [2.05, 4.69) is 26.1 Å². The number of nitrogens with two attached hydrogens (primary N) is 1. The van der Waals surface area contributed by atoms with Crippen LogP contribution in [0.25, 0.3) is 0 Å². The molecule has 0 aliphatic carbocycles. The fourth-order valence-electron chi connectivity index (χ4n) is 3.22. The average molecular weight is 417 g/mol. The predicted molar refractivity (Wildman–Crippen MR) is 99.7 cm³/mol. The SMILES string of the molecule is C=C(C)CCC1(N)N=CN=C2C1=NCN2[C@@H]1O[C@H](COP(=O)(O)O)[C@@H](O)[C@H]1O. The van der Waals surface area contributed by atoms with Gasteiger partial charge in [-0.1, -0.05) is 5.57 Å². The number of allylic oxidation sites excluding steroid dienone is 1. The Kier molecular flexibility index (Phi) is 5.86. The first-order chi connectivity index (χ1) is 13.0. The second-order valence-electron chi connectivity index (χ2n) is 7.03. The van der Waals surface area contributed by atoms with Crippen molar-refractivity contribution in [3.8, 4) is 0 Å². The summed E-state index contributed by atoms with van der Waals surface area (Å²) in [6, 6.07) is 0. The monoisotopic (exact) mass is 417 g/mol. The predicted octanol–water partition coefficient (Wildman–Crippen LogP) is -1.29. The van der Waals surface area contributed by atoms with Gasteiger partial charge in [-0.2, -0.15) is 0 Å². The molecule has 3 rings (SSSR count). The molecule has 0 bridgehead atoms. The maximum Gasteiger partial charge on any atom is 0.469 e. The molecule has 12 nitrogen and oxygen atoms in total. The number of aliphatic imine (C=N–C) groups is 3. The largest absolute Gasteiger partial charge is 0.469 e. The summed E-state index contributed by atoms with van der Waals surface area (Å²) in [6.07, 6.45) is -2.54. The number of rotatable bonds is 7. The zero-order chi connectivity index (χ0) is 20.7. The molecule has 13 heteroatoms. The summed E-state index contributed by atoms with van der Waals surface area (Å²) >= 11 is 0. The van der Waals surface area contributed by atoms with E-state index in [1.807, 2.05) is 6.92 Å². The van der Waals surface area contributed by atoms with Crippen LogP contribution in [0.5, 0.6) is 0 Å². The molecule has 0 aromatic rings. The first-order valence-corrected chi connectivity index (χ1v) is 10.1. The summed E-state index contributed by atoms with van der Waals surface area (Å²) in [5.74, 6) is 0.368. The summed E-state index contributed by atoms with van der Waals surface area (Å²) in [6.45, 7) is 5.23. The Balaban J connectivity index is 1.72. The lowest BCUT2D eigenvalue weighted by Gasteiger charge is -2.32. The normalized spacial score (nSPS) is 35.0. The smallest absolute Gasteiger partial charge is 0.387 e. The van der Waals surface area contributed by atoms with Crippen molar-refractivity contribution < 1.29 is 33.8 Å². The molecular weight excluding hydrogens is 393 g/mol. The quantitative estimate of drug-likeness (QED) is 0.248. The van der Waals surface area contributed by atoms with Gasteiger partial charge in [0.05, 0.1) is 6.61 Å². The van der Waals surface area contributed by atoms with Crippen LogP contribution in [0.3, 0.4) is 0 Å². The number of amidine groups is 1. The molecule has 0 amide bonds. The lowest BCUT2D eigenvalue weighted by Crippen LogP contribution is -2.55. The molecule has 1 fully saturated rings. The molecule has 0 aromatic carbocycles. The van der Waals surface area contributed by atoms with Crippen LogP contribution in [-0.4, -0.2) is 86.3 Å². The van der Waals surface area contributed by atoms with Gasteiger partial charge in [0.2, 0.25) is 0 Å². The third-order valence-corrected chi connectivity index (χ3v) is 5.21. The van der Waals surface area contributed by atoms with Crippen LogP contribution >= 0.6 is 7.82 Å². The number of hydrogen-bond donors (Lipinski definition) is 5. The van der Waals surface area contributed by atoms with Crippen molar-refractivity contribution in [2.24, 2.45) is 20.7 Å². The molecule has 3 heterocycles. The van der Waals surface area contributed by atoms with Gasteiger partial charge >= 0.3 is 7.82 Å². The van der Waals surface area contributed by atoms with E-state index in [-0.39, 0.29) is 6.67 Å². The summed E-state index contributed by atoms with van der Waals surface area (Å²) in [5.41, 5.74) is 6.70. The molecule has 0 saturated carbocycles. The molecular formula is C15H24N5O7P. The van der Waals surface area contributed by atoms with Gasteiger partial charge in [-0.15, -0.1) is 6.58 Å². The van der Waals surface area contributed by atoms with Crippen molar-refractivity contribution in [2.75, 3.05) is 13.3 Å². The van der Waals surface area contributed by atoms with Gasteiger partial charge in [-0.25, -0.2) is 14.5 Å². The van der Waals surface area contributed by atoms with E-state index in [1.54, 1.807) is 0 Å². The van der Waals surface area contributed by atoms with Gasteiger partial charge in [0.15, 0.2) is 17.7 Å². The van der Waals surface area contributed by atoms with Gasteiger partial charge in [0, 0.05) is 0 Å². The lowest BCUT2D eigenvalue weighted by atomic mass is 9.95. The number of phosphoric acid groups is 1. The van der Waals surface area contributed by atoms with Crippen molar-refractivity contribution in [3.05, 3.63) is 12.2 Å². The highest BCUT2D eigenvalue weighted by Crippen LogP contribution is 2.38. The average Bonchev–Trinajstić information content (AvgIpc) is 3.14. The molecule has 3 aliphatic rings. The van der Waals surface area contributed by atoms with Crippen LogP contribution in [-0.2, 0) is 13.8 Å². The van der Waals surface area contributed by atoms with E-state index in [9.17, 15) is 14.8 Å². The molecule has 3 aliphatic heterocycles. The number of aliphatic hydroxyl groups excluding tert-OH is 2. The summed E-state index contributed by atoms with van der Waals surface area (Å²) in [4.78, 5) is 32.0. The van der Waals surface area contributed by atoms with Crippen molar-refractivity contribution in [1.29, 1.82) is 0 Å². The number of aliphatic hydroxyl groups is 2. The molecule has 6 N–H and O–H groups in total. The molecule has 156 valence electrons. The first kappa shape index (κ1) is 21.2. The van der Waals surface area contributed by atoms with Gasteiger partial charge < -0.3 is 35.4 Å². The zero-order valence-electron chi connectivity index (χ0n) is 15.2. The van der Waals surface area contributed by atoms with Gasteiger partial charge in [0.25, 0.3) is 0 Å². The second-order valence-corrected chi connectivity index (χ2v) is 8.27. The summed E-state index contributed by atoms with van der Waals surface area (Å²) in [7, 11) is -4.74. The molecule has 1 saturated heterocycles. The highest BCUT2D eigenvalue weighted by Gasteiger charge is 2.51. The molecule has 0 aromatic heterocycles. The number of ether oxygens (including phenoxy) is 1. The molecule has 0 radical (unpaired) electrons. The first-order valence-electron chi connectivity index (χ1n) is 8.60. The fraction of sp³-hybridized carbons (Fsp3) is 0.667. The minimum atomic E-state index is -4.74. The second kappa shape index (κ2) is 7.73. The van der Waals surface area contributed by atoms with E-state index in [0.717, 1.165) is 5.57 Å². The Bertz CT molecular complexity index is 781. The van der Waals surface area contributed by atoms with Gasteiger partial charge in [-0.3, -0.25) is 9.52 Å². The lowest BCUT2D eigenvalue weighted by molar-refractivity contribution is -0.0681. The van der Waals surface area contributed by atoms with Crippen LogP contribution in [0.2, 0.25) is 0 Å². The highest BCUT2D eigenvalue weighted by molar-refractivity contribution is 7.46. The third-order valence-electron chi connectivity index (χ3n) is 4.73. The maximum absolute atomic E-state index is 10.9. The van der Waals surface area contributed by atoms with E-state index >= 15 is 0 Å². The van der Waals surface area contributed by atoms with Crippen LogP contribution in [0.4, 0.5) is 0 Å². The Labute approximate surface area is 161 Å². The number of hydrogen-bond acceptors (Lipinski definition) is 10. The van der Waals surface area contributed by atoms with E-state index in [0.29, 0.717) is 24.4 Å². The topological polar surface area (TPSA) is 183 Å². The third kappa shape index (κ3) is 4.24. The Morgan fingerprint density at radius 2 is 2.21 bits per heavy atom. The van der Waals surface area contributed by atoms with Crippen LogP contribution in [0, 0.1) is 0 Å².